The molecule has 0 bridgehead atoms. The van der Waals surface area contributed by atoms with Crippen molar-refractivity contribution >= 4 is 5.97 Å². The first-order valence-electron chi connectivity index (χ1n) is 6.73. The molecule has 1 rings (SSSR count). The Bertz CT molecular complexity index is 254. The molecule has 0 aromatic rings. The third-order valence-electron chi connectivity index (χ3n) is 3.85. The molecule has 1 saturated heterocycles. The molecule has 1 aliphatic heterocycles. The topological polar surface area (TPSA) is 66.6 Å². The van der Waals surface area contributed by atoms with Crippen molar-refractivity contribution in [2.75, 3.05) is 13.1 Å². The van der Waals surface area contributed by atoms with Crippen molar-refractivity contribution in [3.05, 3.63) is 0 Å². The third-order valence-corrected chi connectivity index (χ3v) is 3.85. The average molecular weight is 242 g/mol. The molecule has 0 spiro atoms. The molecule has 0 aromatic carbocycles. The summed E-state index contributed by atoms with van der Waals surface area (Å²) in [5.74, 6) is -0.900. The molecular weight excluding hydrogens is 216 g/mol. The molecule has 0 saturated carbocycles. The molecular formula is C13H26N2O2. The van der Waals surface area contributed by atoms with Gasteiger partial charge in [-0.1, -0.05) is 13.3 Å². The van der Waals surface area contributed by atoms with Gasteiger partial charge in [-0.3, -0.25) is 4.79 Å². The number of rotatable bonds is 6. The zero-order valence-electron chi connectivity index (χ0n) is 11.1. The van der Waals surface area contributed by atoms with Crippen LogP contribution in [0, 0.1) is 0 Å². The summed E-state index contributed by atoms with van der Waals surface area (Å²) in [7, 11) is 0. The van der Waals surface area contributed by atoms with Crippen LogP contribution >= 0.6 is 0 Å². The number of hydrogen-bond acceptors (Lipinski definition) is 3. The molecule has 100 valence electrons. The first kappa shape index (κ1) is 14.5. The number of nitrogens with two attached hydrogens (primary N) is 1. The summed E-state index contributed by atoms with van der Waals surface area (Å²) in [6.07, 6.45) is 6.51. The van der Waals surface area contributed by atoms with E-state index in [4.69, 9.17) is 10.8 Å². The Morgan fingerprint density at radius 3 is 2.82 bits per heavy atom. The van der Waals surface area contributed by atoms with Crippen molar-refractivity contribution in [2.45, 2.75) is 64.0 Å². The van der Waals surface area contributed by atoms with Gasteiger partial charge in [-0.15, -0.1) is 0 Å². The van der Waals surface area contributed by atoms with Crippen molar-refractivity contribution in [1.82, 2.24) is 4.90 Å². The Morgan fingerprint density at radius 1 is 1.53 bits per heavy atom. The quantitative estimate of drug-likeness (QED) is 0.745. The Morgan fingerprint density at radius 2 is 2.24 bits per heavy atom. The molecule has 1 fully saturated rings. The van der Waals surface area contributed by atoms with Crippen LogP contribution in [0.15, 0.2) is 0 Å². The Balaban J connectivity index is 2.32. The lowest BCUT2D eigenvalue weighted by atomic mass is 9.95. The highest BCUT2D eigenvalue weighted by Gasteiger charge is 2.28. The van der Waals surface area contributed by atoms with Gasteiger partial charge in [-0.25, -0.2) is 0 Å². The van der Waals surface area contributed by atoms with Gasteiger partial charge in [0.1, 0.15) is 5.54 Å². The number of carboxylic acid groups (broad SMARTS) is 1. The van der Waals surface area contributed by atoms with E-state index in [0.29, 0.717) is 12.5 Å². The average Bonchev–Trinajstić information content (AvgIpc) is 2.29. The minimum absolute atomic E-state index is 0.551. The highest BCUT2D eigenvalue weighted by atomic mass is 16.4. The smallest absolute Gasteiger partial charge is 0.323 e. The molecule has 1 heterocycles. The van der Waals surface area contributed by atoms with Crippen molar-refractivity contribution in [1.29, 1.82) is 0 Å². The van der Waals surface area contributed by atoms with Crippen LogP contribution in [0.25, 0.3) is 0 Å². The van der Waals surface area contributed by atoms with Gasteiger partial charge < -0.3 is 15.7 Å². The van der Waals surface area contributed by atoms with Crippen LogP contribution in [0.2, 0.25) is 0 Å². The van der Waals surface area contributed by atoms with E-state index in [1.807, 2.05) is 0 Å². The van der Waals surface area contributed by atoms with Crippen LogP contribution in [-0.2, 0) is 4.79 Å². The summed E-state index contributed by atoms with van der Waals surface area (Å²) in [6.45, 7) is 5.97. The molecule has 3 N–H and O–H groups in total. The van der Waals surface area contributed by atoms with Crippen LogP contribution < -0.4 is 5.73 Å². The number of nitrogens with zero attached hydrogens (tertiary/aromatic N) is 1. The first-order valence-corrected chi connectivity index (χ1v) is 6.73. The van der Waals surface area contributed by atoms with Crippen molar-refractivity contribution in [2.24, 2.45) is 5.73 Å². The second kappa shape index (κ2) is 6.36. The normalized spacial score (nSPS) is 25.5. The summed E-state index contributed by atoms with van der Waals surface area (Å²) in [5, 5.41) is 8.94. The van der Waals surface area contributed by atoms with Crippen molar-refractivity contribution < 1.29 is 9.90 Å². The van der Waals surface area contributed by atoms with Crippen LogP contribution in [0.3, 0.4) is 0 Å². The fourth-order valence-electron chi connectivity index (χ4n) is 2.57. The van der Waals surface area contributed by atoms with Crippen molar-refractivity contribution in [3.8, 4) is 0 Å². The van der Waals surface area contributed by atoms with Gasteiger partial charge in [0.2, 0.25) is 0 Å². The van der Waals surface area contributed by atoms with Crippen LogP contribution in [0.4, 0.5) is 0 Å². The monoisotopic (exact) mass is 242 g/mol. The van der Waals surface area contributed by atoms with Crippen LogP contribution in [0.5, 0.6) is 0 Å². The van der Waals surface area contributed by atoms with E-state index in [-0.39, 0.29) is 0 Å². The fourth-order valence-corrected chi connectivity index (χ4v) is 2.57. The van der Waals surface area contributed by atoms with E-state index >= 15 is 0 Å². The maximum Gasteiger partial charge on any atom is 0.323 e. The molecule has 0 radical (unpaired) electrons. The number of piperidine rings is 1. The van der Waals surface area contributed by atoms with Gasteiger partial charge >= 0.3 is 5.97 Å². The van der Waals surface area contributed by atoms with E-state index in [0.717, 1.165) is 19.5 Å². The Hall–Kier alpha value is -0.610. The largest absolute Gasteiger partial charge is 0.480 e. The molecule has 4 heteroatoms. The molecule has 0 aliphatic carbocycles. The van der Waals surface area contributed by atoms with Gasteiger partial charge in [0.25, 0.3) is 0 Å². The number of carboxylic acids is 1. The minimum atomic E-state index is -1.07. The number of carbonyl (C=O) groups is 1. The lowest BCUT2D eigenvalue weighted by Crippen LogP contribution is -2.46. The van der Waals surface area contributed by atoms with Gasteiger partial charge in [0.05, 0.1) is 0 Å². The molecule has 17 heavy (non-hydrogen) atoms. The van der Waals surface area contributed by atoms with Gasteiger partial charge in [-0.2, -0.15) is 0 Å². The summed E-state index contributed by atoms with van der Waals surface area (Å²) in [5.41, 5.74) is 4.65. The van der Waals surface area contributed by atoms with E-state index in [2.05, 4.69) is 11.8 Å². The second-order valence-corrected chi connectivity index (χ2v) is 5.42. The van der Waals surface area contributed by atoms with E-state index in [9.17, 15) is 4.79 Å². The van der Waals surface area contributed by atoms with Gasteiger partial charge in [-0.05, 0) is 52.1 Å². The standard InChI is InChI=1S/C13H26N2O2/c1-3-11-7-4-5-9-15(11)10-6-8-13(2,14)12(16)17/h11H,3-10,14H2,1-2H3,(H,16,17). The summed E-state index contributed by atoms with van der Waals surface area (Å²) >= 11 is 0. The Kier molecular flexibility index (Phi) is 5.40. The van der Waals surface area contributed by atoms with Crippen LogP contribution in [0.1, 0.15) is 52.4 Å². The van der Waals surface area contributed by atoms with Gasteiger partial charge in [0, 0.05) is 6.04 Å². The SMILES string of the molecule is CCC1CCCCN1CCCC(C)(N)C(=O)O. The van der Waals surface area contributed by atoms with Crippen molar-refractivity contribution in [3.63, 3.8) is 0 Å². The number of aliphatic carboxylic acids is 1. The molecule has 4 nitrogen and oxygen atoms in total. The maximum atomic E-state index is 10.9. The van der Waals surface area contributed by atoms with E-state index < -0.39 is 11.5 Å². The zero-order chi connectivity index (χ0) is 12.9. The van der Waals surface area contributed by atoms with Crippen LogP contribution in [-0.4, -0.2) is 40.6 Å². The predicted octanol–water partition coefficient (Wildman–Crippen LogP) is 1.83. The molecule has 0 amide bonds. The summed E-state index contributed by atoms with van der Waals surface area (Å²) in [4.78, 5) is 13.4. The van der Waals surface area contributed by atoms with Gasteiger partial charge in [0.15, 0.2) is 0 Å². The Labute approximate surface area is 104 Å². The third kappa shape index (κ3) is 4.28. The lowest BCUT2D eigenvalue weighted by Gasteiger charge is -2.35. The van der Waals surface area contributed by atoms with E-state index in [1.165, 1.54) is 25.7 Å². The predicted molar refractivity (Wildman–Crippen MR) is 69.0 cm³/mol. The second-order valence-electron chi connectivity index (χ2n) is 5.42. The lowest BCUT2D eigenvalue weighted by molar-refractivity contribution is -0.143. The molecule has 0 aromatic heterocycles. The summed E-state index contributed by atoms with van der Waals surface area (Å²) < 4.78 is 0. The number of likely N-dealkylation sites (tertiary alicyclic amines) is 1. The molecule has 2 unspecified atom stereocenters. The molecule has 1 aliphatic rings. The highest BCUT2D eigenvalue weighted by molar-refractivity contribution is 5.77. The minimum Gasteiger partial charge on any atom is -0.480 e. The zero-order valence-corrected chi connectivity index (χ0v) is 11.1. The maximum absolute atomic E-state index is 10.9. The fraction of sp³-hybridized carbons (Fsp3) is 0.923. The highest BCUT2D eigenvalue weighted by Crippen LogP contribution is 2.20. The summed E-state index contributed by atoms with van der Waals surface area (Å²) in [6, 6.07) is 0.692. The molecule has 2 atom stereocenters. The number of hydrogen-bond donors (Lipinski definition) is 2. The first-order chi connectivity index (χ1) is 7.97. The van der Waals surface area contributed by atoms with E-state index in [1.54, 1.807) is 6.92 Å².